The van der Waals surface area contributed by atoms with Gasteiger partial charge in [-0.15, -0.1) is 0 Å². The molecule has 1 unspecified atom stereocenters. The fourth-order valence-electron chi connectivity index (χ4n) is 1.35. The summed E-state index contributed by atoms with van der Waals surface area (Å²) in [6, 6.07) is 0.764. The van der Waals surface area contributed by atoms with Crippen molar-refractivity contribution < 1.29 is 0 Å². The van der Waals surface area contributed by atoms with Crippen molar-refractivity contribution in [3.05, 3.63) is 0 Å². The summed E-state index contributed by atoms with van der Waals surface area (Å²) in [5.74, 6) is 0. The SMILES string of the molecule is CC.CN(C)CC1CCCN1. The summed E-state index contributed by atoms with van der Waals surface area (Å²) in [5, 5.41) is 3.45. The van der Waals surface area contributed by atoms with E-state index in [1.54, 1.807) is 0 Å². The number of nitrogens with one attached hydrogen (secondary N) is 1. The van der Waals surface area contributed by atoms with Gasteiger partial charge in [0.15, 0.2) is 0 Å². The van der Waals surface area contributed by atoms with Crippen molar-refractivity contribution in [1.29, 1.82) is 0 Å². The van der Waals surface area contributed by atoms with E-state index in [2.05, 4.69) is 24.3 Å². The molecule has 0 radical (unpaired) electrons. The molecule has 1 atom stereocenters. The number of hydrogen-bond donors (Lipinski definition) is 1. The zero-order valence-corrected chi connectivity index (χ0v) is 8.35. The topological polar surface area (TPSA) is 15.3 Å². The zero-order chi connectivity index (χ0) is 8.69. The van der Waals surface area contributed by atoms with Crippen LogP contribution in [0.4, 0.5) is 0 Å². The molecule has 1 fully saturated rings. The molecule has 0 spiro atoms. The van der Waals surface area contributed by atoms with Crippen molar-refractivity contribution >= 4 is 0 Å². The second kappa shape index (κ2) is 6.62. The number of rotatable bonds is 2. The third-order valence-electron chi connectivity index (χ3n) is 1.75. The molecule has 1 heterocycles. The van der Waals surface area contributed by atoms with E-state index in [-0.39, 0.29) is 0 Å². The highest BCUT2D eigenvalue weighted by molar-refractivity contribution is 4.75. The molecule has 2 heteroatoms. The van der Waals surface area contributed by atoms with E-state index in [0.29, 0.717) is 0 Å². The van der Waals surface area contributed by atoms with E-state index in [1.165, 1.54) is 25.9 Å². The Labute approximate surface area is 71.0 Å². The summed E-state index contributed by atoms with van der Waals surface area (Å²) < 4.78 is 0. The third-order valence-corrected chi connectivity index (χ3v) is 1.75. The van der Waals surface area contributed by atoms with Gasteiger partial charge >= 0.3 is 0 Å². The quantitative estimate of drug-likeness (QED) is 0.652. The van der Waals surface area contributed by atoms with Crippen molar-refractivity contribution in [3.63, 3.8) is 0 Å². The molecule has 0 amide bonds. The summed E-state index contributed by atoms with van der Waals surface area (Å²) in [6.07, 6.45) is 2.72. The molecule has 1 aliphatic rings. The fraction of sp³-hybridized carbons (Fsp3) is 1.00. The Kier molecular flexibility index (Phi) is 6.57. The van der Waals surface area contributed by atoms with Crippen LogP contribution in [0, 0.1) is 0 Å². The van der Waals surface area contributed by atoms with Crippen LogP contribution in [0.3, 0.4) is 0 Å². The molecule has 2 nitrogen and oxygen atoms in total. The molecule has 0 aromatic carbocycles. The third kappa shape index (κ3) is 5.22. The second-order valence-corrected chi connectivity index (χ2v) is 3.06. The molecule has 1 rings (SSSR count). The van der Waals surface area contributed by atoms with E-state index < -0.39 is 0 Å². The van der Waals surface area contributed by atoms with Gasteiger partial charge in [0, 0.05) is 12.6 Å². The van der Waals surface area contributed by atoms with Crippen LogP contribution in [0.5, 0.6) is 0 Å². The molecule has 1 N–H and O–H groups in total. The lowest BCUT2D eigenvalue weighted by Crippen LogP contribution is -2.33. The monoisotopic (exact) mass is 158 g/mol. The number of hydrogen-bond acceptors (Lipinski definition) is 2. The highest BCUT2D eigenvalue weighted by Gasteiger charge is 2.13. The molecule has 0 aromatic rings. The van der Waals surface area contributed by atoms with Crippen LogP contribution in [0.15, 0.2) is 0 Å². The fourth-order valence-corrected chi connectivity index (χ4v) is 1.35. The first-order chi connectivity index (χ1) is 5.29. The first kappa shape index (κ1) is 10.9. The largest absolute Gasteiger partial charge is 0.313 e. The predicted molar refractivity (Wildman–Crippen MR) is 50.9 cm³/mol. The maximum atomic E-state index is 3.45. The Balaban J connectivity index is 0.000000461. The molecule has 11 heavy (non-hydrogen) atoms. The summed E-state index contributed by atoms with van der Waals surface area (Å²) >= 11 is 0. The average Bonchev–Trinajstić information content (AvgIpc) is 2.43. The van der Waals surface area contributed by atoms with Gasteiger partial charge in [-0.3, -0.25) is 0 Å². The highest BCUT2D eigenvalue weighted by atomic mass is 15.1. The minimum absolute atomic E-state index is 0.764. The normalized spacial score (nSPS) is 23.2. The molecular formula is C9H22N2. The number of likely N-dealkylation sites (N-methyl/N-ethyl adjacent to an activating group) is 1. The Hall–Kier alpha value is -0.0800. The maximum Gasteiger partial charge on any atom is 0.0195 e. The number of nitrogens with zero attached hydrogens (tertiary/aromatic N) is 1. The second-order valence-electron chi connectivity index (χ2n) is 3.06. The lowest BCUT2D eigenvalue weighted by Gasteiger charge is -2.15. The molecule has 68 valence electrons. The minimum Gasteiger partial charge on any atom is -0.313 e. The van der Waals surface area contributed by atoms with Crippen molar-refractivity contribution in [3.8, 4) is 0 Å². The average molecular weight is 158 g/mol. The van der Waals surface area contributed by atoms with Gasteiger partial charge in [0.2, 0.25) is 0 Å². The molecule has 1 saturated heterocycles. The lowest BCUT2D eigenvalue weighted by atomic mass is 10.2. The van der Waals surface area contributed by atoms with Crippen LogP contribution in [0.25, 0.3) is 0 Å². The Morgan fingerprint density at radius 2 is 2.00 bits per heavy atom. The van der Waals surface area contributed by atoms with Crippen LogP contribution in [0.2, 0.25) is 0 Å². The van der Waals surface area contributed by atoms with E-state index in [0.717, 1.165) is 6.04 Å². The summed E-state index contributed by atoms with van der Waals surface area (Å²) in [5.41, 5.74) is 0. The van der Waals surface area contributed by atoms with Crippen molar-refractivity contribution in [2.24, 2.45) is 0 Å². The van der Waals surface area contributed by atoms with Crippen molar-refractivity contribution in [1.82, 2.24) is 10.2 Å². The van der Waals surface area contributed by atoms with Crippen LogP contribution in [-0.2, 0) is 0 Å². The lowest BCUT2D eigenvalue weighted by molar-refractivity contribution is 0.357. The van der Waals surface area contributed by atoms with Crippen LogP contribution in [-0.4, -0.2) is 38.1 Å². The Bertz CT molecular complexity index is 75.6. The van der Waals surface area contributed by atoms with E-state index >= 15 is 0 Å². The van der Waals surface area contributed by atoms with Gasteiger partial charge in [0.05, 0.1) is 0 Å². The molecule has 0 aliphatic carbocycles. The van der Waals surface area contributed by atoms with E-state index in [9.17, 15) is 0 Å². The molecule has 0 saturated carbocycles. The predicted octanol–water partition coefficient (Wildman–Crippen LogP) is 1.33. The summed E-state index contributed by atoms with van der Waals surface area (Å²) in [6.45, 7) is 6.42. The van der Waals surface area contributed by atoms with Gasteiger partial charge < -0.3 is 10.2 Å². The molecular weight excluding hydrogens is 136 g/mol. The highest BCUT2D eigenvalue weighted by Crippen LogP contribution is 2.04. The Morgan fingerprint density at radius 3 is 2.36 bits per heavy atom. The van der Waals surface area contributed by atoms with Crippen molar-refractivity contribution in [2.45, 2.75) is 32.7 Å². The first-order valence-electron chi connectivity index (χ1n) is 4.67. The van der Waals surface area contributed by atoms with Crippen LogP contribution >= 0.6 is 0 Å². The van der Waals surface area contributed by atoms with Gasteiger partial charge in [-0.1, -0.05) is 13.8 Å². The molecule has 0 aromatic heterocycles. The Morgan fingerprint density at radius 1 is 1.36 bits per heavy atom. The van der Waals surface area contributed by atoms with Gasteiger partial charge in [-0.05, 0) is 33.5 Å². The van der Waals surface area contributed by atoms with E-state index in [1.807, 2.05) is 13.8 Å². The smallest absolute Gasteiger partial charge is 0.0195 e. The summed E-state index contributed by atoms with van der Waals surface area (Å²) in [7, 11) is 4.25. The zero-order valence-electron chi connectivity index (χ0n) is 8.35. The van der Waals surface area contributed by atoms with Gasteiger partial charge in [-0.25, -0.2) is 0 Å². The standard InChI is InChI=1S/C7H16N2.C2H6/c1-9(2)6-7-4-3-5-8-7;1-2/h7-8H,3-6H2,1-2H3;1-2H3. The van der Waals surface area contributed by atoms with Gasteiger partial charge in [-0.2, -0.15) is 0 Å². The van der Waals surface area contributed by atoms with Crippen LogP contribution in [0.1, 0.15) is 26.7 Å². The van der Waals surface area contributed by atoms with Gasteiger partial charge in [0.25, 0.3) is 0 Å². The van der Waals surface area contributed by atoms with Crippen molar-refractivity contribution in [2.75, 3.05) is 27.2 Å². The summed E-state index contributed by atoms with van der Waals surface area (Å²) in [4.78, 5) is 2.24. The molecule has 0 bridgehead atoms. The minimum atomic E-state index is 0.764. The van der Waals surface area contributed by atoms with E-state index in [4.69, 9.17) is 0 Å². The van der Waals surface area contributed by atoms with Gasteiger partial charge in [0.1, 0.15) is 0 Å². The maximum absolute atomic E-state index is 3.45. The van der Waals surface area contributed by atoms with Crippen LogP contribution < -0.4 is 5.32 Å². The molecule has 1 aliphatic heterocycles. The first-order valence-corrected chi connectivity index (χ1v) is 4.67.